The minimum atomic E-state index is -3.09. The summed E-state index contributed by atoms with van der Waals surface area (Å²) in [7, 11) is -3.09. The van der Waals surface area contributed by atoms with Crippen LogP contribution < -0.4 is 5.32 Å². The maximum absolute atomic E-state index is 11.3. The van der Waals surface area contributed by atoms with Gasteiger partial charge in [0.1, 0.15) is 0 Å². The second kappa shape index (κ2) is 5.08. The molecule has 1 aromatic rings. The highest BCUT2D eigenvalue weighted by atomic mass is 32.2. The molecule has 20 heavy (non-hydrogen) atoms. The average Bonchev–Trinajstić information content (AvgIpc) is 2.68. The molecule has 0 aliphatic carbocycles. The highest BCUT2D eigenvalue weighted by Gasteiger charge is 2.29. The zero-order valence-corrected chi connectivity index (χ0v) is 11.1. The smallest absolute Gasteiger partial charge is 0.338 e. The van der Waals surface area contributed by atoms with E-state index in [1.807, 2.05) is 0 Å². The van der Waals surface area contributed by atoms with Crippen LogP contribution in [0.1, 0.15) is 16.8 Å². The highest BCUT2D eigenvalue weighted by Crippen LogP contribution is 2.25. The number of carbonyl (C=O) groups is 1. The van der Waals surface area contributed by atoms with Crippen LogP contribution in [0.3, 0.4) is 0 Å². The number of hydrogen-bond acceptors (Lipinski definition) is 6. The Morgan fingerprint density at radius 2 is 2.15 bits per heavy atom. The number of carboxylic acids is 1. The lowest BCUT2D eigenvalue weighted by molar-refractivity contribution is -0.384. The molecule has 1 unspecified atom stereocenters. The molecule has 1 fully saturated rings. The van der Waals surface area contributed by atoms with Gasteiger partial charge in [0.2, 0.25) is 0 Å². The molecule has 1 atom stereocenters. The van der Waals surface area contributed by atoms with Crippen molar-refractivity contribution in [3.8, 4) is 0 Å². The fraction of sp³-hybridized carbons (Fsp3) is 0.364. The molecule has 0 radical (unpaired) electrons. The minimum Gasteiger partial charge on any atom is -0.478 e. The summed E-state index contributed by atoms with van der Waals surface area (Å²) in [5, 5.41) is 22.5. The lowest BCUT2D eigenvalue weighted by atomic mass is 10.1. The molecule has 1 heterocycles. The Labute approximate surface area is 114 Å². The number of hydrogen-bond donors (Lipinski definition) is 2. The van der Waals surface area contributed by atoms with Crippen LogP contribution in [0.5, 0.6) is 0 Å². The largest absolute Gasteiger partial charge is 0.478 e. The molecule has 0 aromatic heterocycles. The zero-order chi connectivity index (χ0) is 14.9. The number of sulfone groups is 1. The zero-order valence-electron chi connectivity index (χ0n) is 10.3. The Morgan fingerprint density at radius 1 is 1.45 bits per heavy atom. The van der Waals surface area contributed by atoms with Gasteiger partial charge < -0.3 is 10.4 Å². The van der Waals surface area contributed by atoms with Gasteiger partial charge in [-0.05, 0) is 12.5 Å². The number of benzene rings is 1. The molecule has 1 aromatic carbocycles. The SMILES string of the molecule is O=C(O)c1cc([N+](=O)[O-])ccc1NC1CCS(=O)(=O)C1. The fourth-order valence-electron chi connectivity index (χ4n) is 2.08. The number of nitrogens with zero attached hydrogens (tertiary/aromatic N) is 1. The average molecular weight is 300 g/mol. The Hall–Kier alpha value is -2.16. The van der Waals surface area contributed by atoms with Crippen LogP contribution in [0.2, 0.25) is 0 Å². The van der Waals surface area contributed by atoms with Crippen molar-refractivity contribution in [2.75, 3.05) is 16.8 Å². The van der Waals surface area contributed by atoms with Crippen LogP contribution in [-0.4, -0.2) is 42.0 Å². The maximum Gasteiger partial charge on any atom is 0.338 e. The van der Waals surface area contributed by atoms with E-state index in [2.05, 4.69) is 5.32 Å². The van der Waals surface area contributed by atoms with Crippen molar-refractivity contribution in [1.82, 2.24) is 0 Å². The molecule has 9 heteroatoms. The van der Waals surface area contributed by atoms with E-state index >= 15 is 0 Å². The Kier molecular flexibility index (Phi) is 3.62. The standard InChI is InChI=1S/C11H12N2O6S/c14-11(15)9-5-8(13(16)17)1-2-10(9)12-7-3-4-20(18,19)6-7/h1-2,5,7,12H,3-4,6H2,(H,14,15). The molecular formula is C11H12N2O6S. The number of non-ortho nitro benzene ring substituents is 1. The van der Waals surface area contributed by atoms with Crippen LogP contribution >= 0.6 is 0 Å². The monoisotopic (exact) mass is 300 g/mol. The molecule has 0 bridgehead atoms. The van der Waals surface area contributed by atoms with Crippen molar-refractivity contribution in [1.29, 1.82) is 0 Å². The van der Waals surface area contributed by atoms with Crippen LogP contribution in [0.15, 0.2) is 18.2 Å². The van der Waals surface area contributed by atoms with Gasteiger partial charge in [-0.15, -0.1) is 0 Å². The molecule has 1 aliphatic heterocycles. The van der Waals surface area contributed by atoms with Crippen molar-refractivity contribution in [3.05, 3.63) is 33.9 Å². The first-order chi connectivity index (χ1) is 9.28. The van der Waals surface area contributed by atoms with E-state index in [1.54, 1.807) is 0 Å². The van der Waals surface area contributed by atoms with Gasteiger partial charge in [-0.2, -0.15) is 0 Å². The second-order valence-corrected chi connectivity index (χ2v) is 6.77. The predicted molar refractivity (Wildman–Crippen MR) is 70.7 cm³/mol. The number of nitro groups is 1. The van der Waals surface area contributed by atoms with E-state index in [4.69, 9.17) is 5.11 Å². The highest BCUT2D eigenvalue weighted by molar-refractivity contribution is 7.91. The summed E-state index contributed by atoms with van der Waals surface area (Å²) in [6.45, 7) is 0. The van der Waals surface area contributed by atoms with Gasteiger partial charge in [0.05, 0.1) is 22.0 Å². The summed E-state index contributed by atoms with van der Waals surface area (Å²) >= 11 is 0. The topological polar surface area (TPSA) is 127 Å². The summed E-state index contributed by atoms with van der Waals surface area (Å²) in [4.78, 5) is 21.1. The normalized spacial score (nSPS) is 20.5. The molecule has 0 spiro atoms. The minimum absolute atomic E-state index is 0.0556. The first kappa shape index (κ1) is 14.3. The van der Waals surface area contributed by atoms with Gasteiger partial charge >= 0.3 is 5.97 Å². The molecular weight excluding hydrogens is 288 g/mol. The van der Waals surface area contributed by atoms with Gasteiger partial charge in [0, 0.05) is 23.9 Å². The third kappa shape index (κ3) is 3.05. The number of anilines is 1. The molecule has 2 N–H and O–H groups in total. The fourth-order valence-corrected chi connectivity index (χ4v) is 3.75. The summed E-state index contributed by atoms with van der Waals surface area (Å²) in [5.41, 5.74) is -0.388. The maximum atomic E-state index is 11.3. The van der Waals surface area contributed by atoms with Gasteiger partial charge in [-0.3, -0.25) is 10.1 Å². The predicted octanol–water partition coefficient (Wildman–Crippen LogP) is 0.892. The van der Waals surface area contributed by atoms with E-state index in [1.165, 1.54) is 12.1 Å². The first-order valence-electron chi connectivity index (χ1n) is 5.77. The Balaban J connectivity index is 2.28. The van der Waals surface area contributed by atoms with Gasteiger partial charge in [0.15, 0.2) is 9.84 Å². The van der Waals surface area contributed by atoms with Crippen molar-refractivity contribution in [3.63, 3.8) is 0 Å². The van der Waals surface area contributed by atoms with E-state index in [0.717, 1.165) is 6.07 Å². The van der Waals surface area contributed by atoms with E-state index in [9.17, 15) is 23.3 Å². The lowest BCUT2D eigenvalue weighted by Gasteiger charge is -2.14. The molecule has 0 saturated carbocycles. The van der Waals surface area contributed by atoms with Gasteiger partial charge in [0.25, 0.3) is 5.69 Å². The number of rotatable bonds is 4. The van der Waals surface area contributed by atoms with Crippen LogP contribution in [-0.2, 0) is 9.84 Å². The number of carboxylic acid groups (broad SMARTS) is 1. The number of aromatic carboxylic acids is 1. The third-order valence-electron chi connectivity index (χ3n) is 3.04. The summed E-state index contributed by atoms with van der Waals surface area (Å²) in [6, 6.07) is 3.04. The first-order valence-corrected chi connectivity index (χ1v) is 7.59. The van der Waals surface area contributed by atoms with E-state index in [0.29, 0.717) is 6.42 Å². The van der Waals surface area contributed by atoms with E-state index < -0.39 is 20.7 Å². The Bertz CT molecular complexity index is 669. The van der Waals surface area contributed by atoms with E-state index in [-0.39, 0.29) is 34.5 Å². The number of nitro benzene ring substituents is 1. The van der Waals surface area contributed by atoms with Crippen molar-refractivity contribution in [2.24, 2.45) is 0 Å². The third-order valence-corrected chi connectivity index (χ3v) is 4.80. The van der Waals surface area contributed by atoms with Gasteiger partial charge in [-0.25, -0.2) is 13.2 Å². The Morgan fingerprint density at radius 3 is 2.65 bits per heavy atom. The number of nitrogens with one attached hydrogen (secondary N) is 1. The molecule has 8 nitrogen and oxygen atoms in total. The molecule has 1 aliphatic rings. The van der Waals surface area contributed by atoms with Crippen molar-refractivity contribution >= 4 is 27.2 Å². The van der Waals surface area contributed by atoms with Crippen LogP contribution in [0.25, 0.3) is 0 Å². The molecule has 108 valence electrons. The van der Waals surface area contributed by atoms with Crippen LogP contribution in [0, 0.1) is 10.1 Å². The second-order valence-electron chi connectivity index (χ2n) is 4.54. The van der Waals surface area contributed by atoms with Crippen molar-refractivity contribution in [2.45, 2.75) is 12.5 Å². The molecule has 2 rings (SSSR count). The van der Waals surface area contributed by atoms with Gasteiger partial charge in [-0.1, -0.05) is 0 Å². The lowest BCUT2D eigenvalue weighted by Crippen LogP contribution is -2.22. The molecule has 0 amide bonds. The summed E-state index contributed by atoms with van der Waals surface area (Å²) < 4.78 is 22.7. The van der Waals surface area contributed by atoms with Crippen LogP contribution in [0.4, 0.5) is 11.4 Å². The van der Waals surface area contributed by atoms with Crippen molar-refractivity contribution < 1.29 is 23.2 Å². The molecule has 1 saturated heterocycles. The summed E-state index contributed by atoms with van der Waals surface area (Å²) in [5.74, 6) is -1.32. The quantitative estimate of drug-likeness (QED) is 0.624. The summed E-state index contributed by atoms with van der Waals surface area (Å²) in [6.07, 6.45) is 0.387.